The second kappa shape index (κ2) is 7.54. The summed E-state index contributed by atoms with van der Waals surface area (Å²) < 4.78 is 5.39. The molecular formula is C14H26N2O2. The zero-order chi connectivity index (χ0) is 13.5. The van der Waals surface area contributed by atoms with E-state index in [0.29, 0.717) is 0 Å². The maximum atomic E-state index is 11.4. The molecule has 0 N–H and O–H groups in total. The van der Waals surface area contributed by atoms with Gasteiger partial charge in [-0.15, -0.1) is 0 Å². The van der Waals surface area contributed by atoms with Crippen LogP contribution >= 0.6 is 0 Å². The van der Waals surface area contributed by atoms with Gasteiger partial charge in [0.2, 0.25) is 5.91 Å². The van der Waals surface area contributed by atoms with Crippen molar-refractivity contribution >= 4 is 5.91 Å². The fourth-order valence-corrected chi connectivity index (χ4v) is 2.19. The molecule has 1 atom stereocenters. The third-order valence-corrected chi connectivity index (χ3v) is 3.63. The second-order valence-corrected chi connectivity index (χ2v) is 4.85. The first-order valence-corrected chi connectivity index (χ1v) is 6.78. The highest BCUT2D eigenvalue weighted by atomic mass is 16.5. The summed E-state index contributed by atoms with van der Waals surface area (Å²) in [4.78, 5) is 15.6. The lowest BCUT2D eigenvalue weighted by molar-refractivity contribution is -0.128. The lowest BCUT2D eigenvalue weighted by Gasteiger charge is -2.33. The quantitative estimate of drug-likeness (QED) is 0.532. The fourth-order valence-electron chi connectivity index (χ4n) is 2.19. The molecule has 0 saturated heterocycles. The van der Waals surface area contributed by atoms with Crippen molar-refractivity contribution in [3.05, 3.63) is 11.6 Å². The number of hydrogen-bond acceptors (Lipinski definition) is 3. The summed E-state index contributed by atoms with van der Waals surface area (Å²) in [6, 6.07) is 0.192. The Balaban J connectivity index is 2.47. The predicted molar refractivity (Wildman–Crippen MR) is 73.5 cm³/mol. The lowest BCUT2D eigenvalue weighted by Crippen LogP contribution is -2.41. The topological polar surface area (TPSA) is 32.8 Å². The Morgan fingerprint density at radius 2 is 2.33 bits per heavy atom. The van der Waals surface area contributed by atoms with Gasteiger partial charge < -0.3 is 9.64 Å². The molecule has 0 aromatic rings. The molecule has 4 nitrogen and oxygen atoms in total. The van der Waals surface area contributed by atoms with Gasteiger partial charge in [-0.2, -0.15) is 0 Å². The predicted octanol–water partition coefficient (Wildman–Crippen LogP) is 1.52. The summed E-state index contributed by atoms with van der Waals surface area (Å²) in [6.07, 6.45) is 3.35. The first-order valence-electron chi connectivity index (χ1n) is 6.78. The van der Waals surface area contributed by atoms with Crippen molar-refractivity contribution in [1.82, 2.24) is 9.80 Å². The molecule has 0 fully saturated rings. The van der Waals surface area contributed by atoms with Gasteiger partial charge in [0.15, 0.2) is 0 Å². The third-order valence-electron chi connectivity index (χ3n) is 3.63. The molecule has 1 aliphatic heterocycles. The number of ether oxygens (including phenoxy) is 1. The van der Waals surface area contributed by atoms with Crippen LogP contribution in [0.2, 0.25) is 0 Å². The standard InChI is InChI=1S/C14H26N2O2/c1-5-18-10-9-16-8-6-7-14(11-16)12(2)15(4)13(3)17/h7,12H,5-6,8-11H2,1-4H3/t12-/m1/s1. The minimum absolute atomic E-state index is 0.120. The molecule has 104 valence electrons. The van der Waals surface area contributed by atoms with Crippen LogP contribution in [0.1, 0.15) is 27.2 Å². The number of rotatable bonds is 6. The van der Waals surface area contributed by atoms with Gasteiger partial charge in [0.25, 0.3) is 0 Å². The molecule has 0 radical (unpaired) electrons. The maximum Gasteiger partial charge on any atom is 0.219 e. The number of carbonyl (C=O) groups is 1. The van der Waals surface area contributed by atoms with Gasteiger partial charge in [-0.1, -0.05) is 6.08 Å². The van der Waals surface area contributed by atoms with Crippen LogP contribution in [0.3, 0.4) is 0 Å². The number of amides is 1. The van der Waals surface area contributed by atoms with Crippen molar-refractivity contribution in [2.24, 2.45) is 0 Å². The average molecular weight is 254 g/mol. The Labute approximate surface area is 111 Å². The molecule has 18 heavy (non-hydrogen) atoms. The summed E-state index contributed by atoms with van der Waals surface area (Å²) in [5.41, 5.74) is 1.34. The van der Waals surface area contributed by atoms with Crippen molar-refractivity contribution in [2.75, 3.05) is 39.9 Å². The molecule has 4 heteroatoms. The highest BCUT2D eigenvalue weighted by Crippen LogP contribution is 2.16. The van der Waals surface area contributed by atoms with Gasteiger partial charge in [-0.25, -0.2) is 0 Å². The van der Waals surface area contributed by atoms with E-state index in [2.05, 4.69) is 17.9 Å². The van der Waals surface area contributed by atoms with Crippen LogP contribution in [0, 0.1) is 0 Å². The molecule has 0 saturated carbocycles. The van der Waals surface area contributed by atoms with Crippen LogP contribution < -0.4 is 0 Å². The lowest BCUT2D eigenvalue weighted by atomic mass is 10.0. The van der Waals surface area contributed by atoms with Crippen LogP contribution in [0.4, 0.5) is 0 Å². The molecule has 0 aromatic carbocycles. The minimum atomic E-state index is 0.120. The maximum absolute atomic E-state index is 11.4. The Hall–Kier alpha value is -0.870. The first-order chi connectivity index (χ1) is 8.56. The molecule has 0 spiro atoms. The highest BCUT2D eigenvalue weighted by molar-refractivity contribution is 5.73. The van der Waals surface area contributed by atoms with Gasteiger partial charge >= 0.3 is 0 Å². The van der Waals surface area contributed by atoms with Gasteiger partial charge in [0.05, 0.1) is 12.6 Å². The normalized spacial score (nSPS) is 18.3. The van der Waals surface area contributed by atoms with Gasteiger partial charge in [-0.05, 0) is 25.8 Å². The number of hydrogen-bond donors (Lipinski definition) is 0. The Bertz CT molecular complexity index is 302. The van der Waals surface area contributed by atoms with Gasteiger partial charge in [-0.3, -0.25) is 9.69 Å². The summed E-state index contributed by atoms with van der Waals surface area (Å²) in [5.74, 6) is 0.120. The van der Waals surface area contributed by atoms with E-state index in [1.165, 1.54) is 5.57 Å². The Morgan fingerprint density at radius 3 is 2.94 bits per heavy atom. The van der Waals surface area contributed by atoms with E-state index >= 15 is 0 Å². The molecule has 0 aromatic heterocycles. The zero-order valence-corrected chi connectivity index (χ0v) is 12.1. The summed E-state index contributed by atoms with van der Waals surface area (Å²) in [7, 11) is 1.87. The number of likely N-dealkylation sites (N-methyl/N-ethyl adjacent to an activating group) is 1. The van der Waals surface area contributed by atoms with Gasteiger partial charge in [0.1, 0.15) is 0 Å². The van der Waals surface area contributed by atoms with Crippen LogP contribution in [0.15, 0.2) is 11.6 Å². The van der Waals surface area contributed by atoms with Crippen molar-refractivity contribution < 1.29 is 9.53 Å². The van der Waals surface area contributed by atoms with Crippen LogP contribution in [-0.2, 0) is 9.53 Å². The summed E-state index contributed by atoms with van der Waals surface area (Å²) >= 11 is 0. The monoisotopic (exact) mass is 254 g/mol. The Kier molecular flexibility index (Phi) is 6.36. The molecule has 0 aliphatic carbocycles. The van der Waals surface area contributed by atoms with E-state index < -0.39 is 0 Å². The second-order valence-electron chi connectivity index (χ2n) is 4.85. The SMILES string of the molecule is CCOCCN1CCC=C([C@@H](C)N(C)C(C)=O)C1. The number of carbonyl (C=O) groups excluding carboxylic acids is 1. The van der Waals surface area contributed by atoms with E-state index in [1.807, 2.05) is 14.0 Å². The van der Waals surface area contributed by atoms with Crippen LogP contribution in [0.25, 0.3) is 0 Å². The molecule has 1 aliphatic rings. The van der Waals surface area contributed by atoms with Crippen LogP contribution in [-0.4, -0.2) is 61.6 Å². The van der Waals surface area contributed by atoms with Gasteiger partial charge in [0, 0.05) is 40.2 Å². The zero-order valence-electron chi connectivity index (χ0n) is 12.1. The smallest absolute Gasteiger partial charge is 0.219 e. The minimum Gasteiger partial charge on any atom is -0.380 e. The molecular weight excluding hydrogens is 228 g/mol. The van der Waals surface area contributed by atoms with Crippen molar-refractivity contribution in [3.63, 3.8) is 0 Å². The summed E-state index contributed by atoms with van der Waals surface area (Å²) in [5, 5.41) is 0. The molecule has 0 bridgehead atoms. The van der Waals surface area contributed by atoms with E-state index in [0.717, 1.165) is 39.3 Å². The first kappa shape index (κ1) is 15.2. The molecule has 1 amide bonds. The Morgan fingerprint density at radius 1 is 1.61 bits per heavy atom. The van der Waals surface area contributed by atoms with E-state index in [1.54, 1.807) is 11.8 Å². The molecule has 1 rings (SSSR count). The van der Waals surface area contributed by atoms with Crippen LogP contribution in [0.5, 0.6) is 0 Å². The van der Waals surface area contributed by atoms with Crippen molar-refractivity contribution in [2.45, 2.75) is 33.2 Å². The van der Waals surface area contributed by atoms with Crippen molar-refractivity contribution in [1.29, 1.82) is 0 Å². The van der Waals surface area contributed by atoms with E-state index in [-0.39, 0.29) is 11.9 Å². The highest BCUT2D eigenvalue weighted by Gasteiger charge is 2.21. The largest absolute Gasteiger partial charge is 0.380 e. The molecule has 0 unspecified atom stereocenters. The summed E-state index contributed by atoms with van der Waals surface area (Å²) in [6.45, 7) is 10.3. The molecule has 1 heterocycles. The third kappa shape index (κ3) is 4.42. The van der Waals surface area contributed by atoms with E-state index in [9.17, 15) is 4.79 Å². The van der Waals surface area contributed by atoms with E-state index in [4.69, 9.17) is 4.74 Å². The number of nitrogens with zero attached hydrogens (tertiary/aromatic N) is 2. The van der Waals surface area contributed by atoms with Crippen molar-refractivity contribution in [3.8, 4) is 0 Å². The average Bonchev–Trinajstić information content (AvgIpc) is 2.37. The fraction of sp³-hybridized carbons (Fsp3) is 0.786.